The standard InChI is InChI=1S/C22H23N3O4S/c1-14-9-16(10-21(27)24(14)3)29-15-6-7-25(12-15)22(28)18-13-23(2)20(26)11-17(18)19-5-4-8-30-19/h4-5,8-11,13,15H,6-7,12H2,1-3H3. The van der Waals surface area contributed by atoms with Gasteiger partial charge in [0.05, 0.1) is 12.1 Å². The molecule has 1 aliphatic heterocycles. The van der Waals surface area contributed by atoms with Crippen LogP contribution in [0.1, 0.15) is 22.5 Å². The summed E-state index contributed by atoms with van der Waals surface area (Å²) in [5, 5.41) is 1.92. The van der Waals surface area contributed by atoms with Crippen LogP contribution in [0.15, 0.2) is 51.5 Å². The van der Waals surface area contributed by atoms with Crippen molar-refractivity contribution in [3.8, 4) is 16.2 Å². The molecule has 1 aliphatic rings. The van der Waals surface area contributed by atoms with Gasteiger partial charge in [-0.05, 0) is 24.4 Å². The van der Waals surface area contributed by atoms with E-state index in [1.807, 2.05) is 30.5 Å². The minimum atomic E-state index is -0.182. The van der Waals surface area contributed by atoms with E-state index < -0.39 is 0 Å². The molecule has 3 aromatic rings. The Bertz CT molecular complexity index is 1210. The molecule has 8 heteroatoms. The van der Waals surface area contributed by atoms with E-state index in [1.54, 1.807) is 29.8 Å². The van der Waals surface area contributed by atoms with E-state index in [-0.39, 0.29) is 23.1 Å². The third-order valence-corrected chi connectivity index (χ3v) is 6.36. The van der Waals surface area contributed by atoms with Gasteiger partial charge in [0, 0.05) is 61.5 Å². The molecular formula is C22H23N3O4S. The van der Waals surface area contributed by atoms with Crippen LogP contribution in [0, 0.1) is 6.92 Å². The summed E-state index contributed by atoms with van der Waals surface area (Å²) in [6, 6.07) is 8.63. The molecule has 0 N–H and O–H groups in total. The molecule has 4 heterocycles. The summed E-state index contributed by atoms with van der Waals surface area (Å²) in [7, 11) is 3.36. The van der Waals surface area contributed by atoms with Crippen molar-refractivity contribution in [1.82, 2.24) is 14.0 Å². The highest BCUT2D eigenvalue weighted by molar-refractivity contribution is 7.13. The first-order valence-electron chi connectivity index (χ1n) is 9.71. The van der Waals surface area contributed by atoms with Gasteiger partial charge >= 0.3 is 0 Å². The fourth-order valence-electron chi connectivity index (χ4n) is 3.61. The van der Waals surface area contributed by atoms with E-state index in [0.29, 0.717) is 36.4 Å². The molecule has 1 fully saturated rings. The van der Waals surface area contributed by atoms with E-state index in [0.717, 1.165) is 10.6 Å². The van der Waals surface area contributed by atoms with Crippen LogP contribution in [0.2, 0.25) is 0 Å². The Kier molecular flexibility index (Phi) is 5.34. The predicted octanol–water partition coefficient (Wildman–Crippen LogP) is 2.41. The number of aryl methyl sites for hydroxylation is 2. The van der Waals surface area contributed by atoms with Crippen LogP contribution in [-0.4, -0.2) is 39.1 Å². The van der Waals surface area contributed by atoms with E-state index in [1.165, 1.54) is 28.0 Å². The summed E-state index contributed by atoms with van der Waals surface area (Å²) in [4.78, 5) is 40.1. The largest absolute Gasteiger partial charge is 0.488 e. The zero-order valence-corrected chi connectivity index (χ0v) is 17.9. The van der Waals surface area contributed by atoms with Gasteiger partial charge in [0.15, 0.2) is 0 Å². The number of pyridine rings is 2. The summed E-state index contributed by atoms with van der Waals surface area (Å²) >= 11 is 1.50. The molecule has 0 aromatic carbocycles. The lowest BCUT2D eigenvalue weighted by molar-refractivity contribution is 0.0772. The van der Waals surface area contributed by atoms with Gasteiger partial charge in [0.2, 0.25) is 0 Å². The number of carbonyl (C=O) groups is 1. The average Bonchev–Trinajstić information content (AvgIpc) is 3.39. The monoisotopic (exact) mass is 425 g/mol. The van der Waals surface area contributed by atoms with Crippen molar-refractivity contribution in [3.05, 3.63) is 73.9 Å². The molecule has 1 atom stereocenters. The molecule has 30 heavy (non-hydrogen) atoms. The van der Waals surface area contributed by atoms with Crippen molar-refractivity contribution in [1.29, 1.82) is 0 Å². The lowest BCUT2D eigenvalue weighted by atomic mass is 10.1. The Morgan fingerprint density at radius 1 is 1.17 bits per heavy atom. The number of nitrogens with zero attached hydrogens (tertiary/aromatic N) is 3. The fourth-order valence-corrected chi connectivity index (χ4v) is 4.37. The molecule has 1 saturated heterocycles. The average molecular weight is 426 g/mol. The summed E-state index contributed by atoms with van der Waals surface area (Å²) in [5.41, 5.74) is 1.70. The molecule has 0 saturated carbocycles. The van der Waals surface area contributed by atoms with E-state index in [9.17, 15) is 14.4 Å². The topological polar surface area (TPSA) is 73.5 Å². The third kappa shape index (κ3) is 3.82. The molecule has 1 amide bonds. The van der Waals surface area contributed by atoms with Crippen molar-refractivity contribution in [3.63, 3.8) is 0 Å². The first-order valence-corrected chi connectivity index (χ1v) is 10.6. The van der Waals surface area contributed by atoms with E-state index in [2.05, 4.69) is 0 Å². The minimum absolute atomic E-state index is 0.123. The van der Waals surface area contributed by atoms with Crippen molar-refractivity contribution in [2.24, 2.45) is 14.1 Å². The number of rotatable bonds is 4. The summed E-state index contributed by atoms with van der Waals surface area (Å²) in [6.45, 7) is 2.84. The molecule has 0 spiro atoms. The summed E-state index contributed by atoms with van der Waals surface area (Å²) in [5.74, 6) is 0.400. The van der Waals surface area contributed by atoms with Gasteiger partial charge in [-0.25, -0.2) is 0 Å². The number of thiophene rings is 1. The van der Waals surface area contributed by atoms with Crippen molar-refractivity contribution in [2.45, 2.75) is 19.4 Å². The molecule has 3 aromatic heterocycles. The number of carbonyl (C=O) groups excluding carboxylic acids is 1. The van der Waals surface area contributed by atoms with Crippen LogP contribution in [0.25, 0.3) is 10.4 Å². The van der Waals surface area contributed by atoms with Gasteiger partial charge < -0.3 is 18.8 Å². The normalized spacial score (nSPS) is 16.1. The second-order valence-electron chi connectivity index (χ2n) is 7.54. The highest BCUT2D eigenvalue weighted by Gasteiger charge is 2.30. The van der Waals surface area contributed by atoms with Crippen molar-refractivity contribution >= 4 is 17.2 Å². The first kappa shape index (κ1) is 20.2. The Morgan fingerprint density at radius 2 is 1.97 bits per heavy atom. The van der Waals surface area contributed by atoms with E-state index in [4.69, 9.17) is 4.74 Å². The molecule has 0 bridgehead atoms. The molecule has 1 unspecified atom stereocenters. The van der Waals surface area contributed by atoms with Crippen LogP contribution in [-0.2, 0) is 14.1 Å². The third-order valence-electron chi connectivity index (χ3n) is 5.46. The second-order valence-corrected chi connectivity index (χ2v) is 8.48. The van der Waals surface area contributed by atoms with Gasteiger partial charge in [0.1, 0.15) is 11.9 Å². The van der Waals surface area contributed by atoms with Crippen molar-refractivity contribution in [2.75, 3.05) is 13.1 Å². The van der Waals surface area contributed by atoms with Crippen LogP contribution in [0.5, 0.6) is 5.75 Å². The fraction of sp³-hybridized carbons (Fsp3) is 0.318. The molecule has 0 aliphatic carbocycles. The number of hydrogen-bond donors (Lipinski definition) is 0. The lowest BCUT2D eigenvalue weighted by Crippen LogP contribution is -2.32. The van der Waals surface area contributed by atoms with Crippen LogP contribution < -0.4 is 15.9 Å². The van der Waals surface area contributed by atoms with Gasteiger partial charge in [-0.1, -0.05) is 6.07 Å². The zero-order valence-electron chi connectivity index (χ0n) is 17.1. The molecule has 4 rings (SSSR count). The summed E-state index contributed by atoms with van der Waals surface area (Å²) < 4.78 is 8.98. The number of ether oxygens (including phenoxy) is 1. The lowest BCUT2D eigenvalue weighted by Gasteiger charge is -2.19. The van der Waals surface area contributed by atoms with Gasteiger partial charge in [0.25, 0.3) is 17.0 Å². The Morgan fingerprint density at radius 3 is 2.67 bits per heavy atom. The molecule has 156 valence electrons. The van der Waals surface area contributed by atoms with Crippen LogP contribution in [0.3, 0.4) is 0 Å². The SMILES string of the molecule is Cc1cc(OC2CCN(C(=O)c3cn(C)c(=O)cc3-c3cccs3)C2)cc(=O)n1C. The number of likely N-dealkylation sites (tertiary alicyclic amines) is 1. The first-order chi connectivity index (χ1) is 14.3. The molecular weight excluding hydrogens is 402 g/mol. The minimum Gasteiger partial charge on any atom is -0.488 e. The van der Waals surface area contributed by atoms with Crippen molar-refractivity contribution < 1.29 is 9.53 Å². The predicted molar refractivity (Wildman–Crippen MR) is 116 cm³/mol. The van der Waals surface area contributed by atoms with Crippen LogP contribution in [0.4, 0.5) is 0 Å². The highest BCUT2D eigenvalue weighted by Crippen LogP contribution is 2.29. The molecule has 7 nitrogen and oxygen atoms in total. The maximum atomic E-state index is 13.3. The zero-order chi connectivity index (χ0) is 21.4. The quantitative estimate of drug-likeness (QED) is 0.644. The number of hydrogen-bond acceptors (Lipinski definition) is 5. The summed E-state index contributed by atoms with van der Waals surface area (Å²) in [6.07, 6.45) is 2.11. The maximum Gasteiger partial charge on any atom is 0.256 e. The second kappa shape index (κ2) is 7.95. The number of aromatic nitrogens is 2. The Hall–Kier alpha value is -3.13. The van der Waals surface area contributed by atoms with Gasteiger partial charge in [-0.3, -0.25) is 14.4 Å². The highest BCUT2D eigenvalue weighted by atomic mass is 32.1. The number of amides is 1. The Labute approximate surface area is 177 Å². The smallest absolute Gasteiger partial charge is 0.256 e. The van der Waals surface area contributed by atoms with Gasteiger partial charge in [-0.2, -0.15) is 0 Å². The molecule has 0 radical (unpaired) electrons. The maximum absolute atomic E-state index is 13.3. The van der Waals surface area contributed by atoms with Gasteiger partial charge in [-0.15, -0.1) is 11.3 Å². The van der Waals surface area contributed by atoms with E-state index >= 15 is 0 Å². The van der Waals surface area contributed by atoms with Crippen LogP contribution >= 0.6 is 11.3 Å². The Balaban J connectivity index is 1.55.